The number of carbonyl (C=O) groups excluding carboxylic acids is 3. The SMILES string of the molecule is COC(=O)C(C)Oc1c(OC)cc(C=NN2C(=O)C3C4C=CC(C4)C3C2=O)cc1OC. The van der Waals surface area contributed by atoms with Crippen molar-refractivity contribution >= 4 is 24.0 Å². The molecule has 0 N–H and O–H groups in total. The number of hydrogen-bond acceptors (Lipinski definition) is 8. The van der Waals surface area contributed by atoms with Crippen molar-refractivity contribution in [2.45, 2.75) is 19.4 Å². The Bertz CT molecular complexity index is 931. The Balaban J connectivity index is 1.58. The van der Waals surface area contributed by atoms with Gasteiger partial charge in [0.1, 0.15) is 0 Å². The summed E-state index contributed by atoms with van der Waals surface area (Å²) in [5, 5.41) is 5.15. The van der Waals surface area contributed by atoms with Gasteiger partial charge in [0, 0.05) is 5.56 Å². The van der Waals surface area contributed by atoms with E-state index < -0.39 is 12.1 Å². The summed E-state index contributed by atoms with van der Waals surface area (Å²) in [6.45, 7) is 1.55. The number of hydrazone groups is 1. The summed E-state index contributed by atoms with van der Waals surface area (Å²) in [5.74, 6) is -0.591. The lowest BCUT2D eigenvalue weighted by Gasteiger charge is -2.18. The Morgan fingerprint density at radius 3 is 2.10 bits per heavy atom. The summed E-state index contributed by atoms with van der Waals surface area (Å²) in [6, 6.07) is 3.23. The highest BCUT2D eigenvalue weighted by Gasteiger charge is 2.59. The fourth-order valence-electron chi connectivity index (χ4n) is 4.61. The van der Waals surface area contributed by atoms with Crippen LogP contribution in [0.1, 0.15) is 18.9 Å². The van der Waals surface area contributed by atoms with E-state index in [1.54, 1.807) is 19.1 Å². The van der Waals surface area contributed by atoms with E-state index in [1.165, 1.54) is 27.5 Å². The molecular weight excluding hydrogens is 404 g/mol. The summed E-state index contributed by atoms with van der Waals surface area (Å²) in [7, 11) is 4.17. The summed E-state index contributed by atoms with van der Waals surface area (Å²) in [4.78, 5) is 37.2. The first-order chi connectivity index (χ1) is 14.9. The molecule has 0 aromatic heterocycles. The number of carbonyl (C=O) groups is 3. The van der Waals surface area contributed by atoms with Crippen molar-refractivity contribution in [1.82, 2.24) is 5.01 Å². The maximum Gasteiger partial charge on any atom is 0.346 e. The van der Waals surface area contributed by atoms with Crippen molar-refractivity contribution in [2.24, 2.45) is 28.8 Å². The van der Waals surface area contributed by atoms with E-state index in [2.05, 4.69) is 9.84 Å². The third-order valence-corrected chi connectivity index (χ3v) is 6.08. The normalized spacial score (nSPS) is 27.0. The molecule has 1 saturated heterocycles. The summed E-state index contributed by atoms with van der Waals surface area (Å²) in [6.07, 6.45) is 5.47. The molecule has 1 saturated carbocycles. The van der Waals surface area contributed by atoms with Crippen LogP contribution in [0.2, 0.25) is 0 Å². The minimum Gasteiger partial charge on any atom is -0.493 e. The fourth-order valence-corrected chi connectivity index (χ4v) is 4.61. The number of esters is 1. The number of hydrogen-bond donors (Lipinski definition) is 0. The zero-order valence-corrected chi connectivity index (χ0v) is 17.7. The van der Waals surface area contributed by atoms with Gasteiger partial charge in [0.25, 0.3) is 11.8 Å². The zero-order valence-electron chi connectivity index (χ0n) is 17.7. The molecule has 9 nitrogen and oxygen atoms in total. The monoisotopic (exact) mass is 428 g/mol. The molecule has 2 amide bonds. The number of ether oxygens (including phenoxy) is 4. The molecule has 5 atom stereocenters. The van der Waals surface area contributed by atoms with Crippen LogP contribution in [-0.2, 0) is 19.1 Å². The van der Waals surface area contributed by atoms with Crippen LogP contribution in [-0.4, -0.2) is 56.4 Å². The molecule has 0 spiro atoms. The maximum atomic E-state index is 12.8. The Morgan fingerprint density at radius 2 is 1.61 bits per heavy atom. The molecule has 2 fully saturated rings. The fraction of sp³-hybridized carbons (Fsp3) is 0.455. The average Bonchev–Trinajstić information content (AvgIpc) is 3.46. The van der Waals surface area contributed by atoms with Crippen LogP contribution in [0.15, 0.2) is 29.4 Å². The summed E-state index contributed by atoms with van der Waals surface area (Å²) in [5.41, 5.74) is 0.533. The van der Waals surface area contributed by atoms with E-state index in [0.717, 1.165) is 11.4 Å². The summed E-state index contributed by atoms with van der Waals surface area (Å²) < 4.78 is 21.1. The number of fused-ring (bicyclic) bond motifs is 5. The molecule has 1 aliphatic heterocycles. The van der Waals surface area contributed by atoms with Gasteiger partial charge in [0.2, 0.25) is 5.75 Å². The van der Waals surface area contributed by atoms with Gasteiger partial charge in [-0.1, -0.05) is 12.2 Å². The first kappa shape index (κ1) is 20.9. The maximum absolute atomic E-state index is 12.8. The van der Waals surface area contributed by atoms with Crippen molar-refractivity contribution in [1.29, 1.82) is 0 Å². The molecule has 9 heteroatoms. The van der Waals surface area contributed by atoms with Gasteiger partial charge in [-0.2, -0.15) is 10.1 Å². The molecule has 5 unspecified atom stereocenters. The predicted octanol–water partition coefficient (Wildman–Crippen LogP) is 1.79. The van der Waals surface area contributed by atoms with Crippen molar-refractivity contribution in [3.8, 4) is 17.2 Å². The van der Waals surface area contributed by atoms with Crippen molar-refractivity contribution in [3.63, 3.8) is 0 Å². The number of benzene rings is 1. The number of methoxy groups -OCH3 is 3. The molecule has 2 bridgehead atoms. The van der Waals surface area contributed by atoms with Crippen LogP contribution < -0.4 is 14.2 Å². The van der Waals surface area contributed by atoms with E-state index in [-0.39, 0.29) is 41.2 Å². The first-order valence-electron chi connectivity index (χ1n) is 10.00. The minimum atomic E-state index is -0.879. The number of amides is 2. The van der Waals surface area contributed by atoms with Crippen LogP contribution in [0.3, 0.4) is 0 Å². The molecule has 31 heavy (non-hydrogen) atoms. The summed E-state index contributed by atoms with van der Waals surface area (Å²) >= 11 is 0. The Morgan fingerprint density at radius 1 is 1.06 bits per heavy atom. The van der Waals surface area contributed by atoms with E-state index in [9.17, 15) is 14.4 Å². The molecule has 1 aromatic carbocycles. The third-order valence-electron chi connectivity index (χ3n) is 6.08. The second-order valence-corrected chi connectivity index (χ2v) is 7.77. The molecule has 164 valence electrons. The molecule has 1 heterocycles. The lowest BCUT2D eigenvalue weighted by Crippen LogP contribution is -2.28. The molecule has 1 aromatic rings. The third kappa shape index (κ3) is 3.43. The van der Waals surface area contributed by atoms with Gasteiger partial charge in [-0.3, -0.25) is 9.59 Å². The molecule has 3 aliphatic rings. The second-order valence-electron chi connectivity index (χ2n) is 7.77. The Labute approximate surface area is 179 Å². The smallest absolute Gasteiger partial charge is 0.346 e. The van der Waals surface area contributed by atoms with Crippen molar-refractivity contribution in [2.75, 3.05) is 21.3 Å². The number of rotatable bonds is 7. The van der Waals surface area contributed by atoms with Gasteiger partial charge in [0.05, 0.1) is 39.4 Å². The van der Waals surface area contributed by atoms with Gasteiger partial charge in [-0.05, 0) is 37.3 Å². The highest BCUT2D eigenvalue weighted by atomic mass is 16.6. The predicted molar refractivity (Wildman–Crippen MR) is 109 cm³/mol. The van der Waals surface area contributed by atoms with Gasteiger partial charge in [0.15, 0.2) is 17.6 Å². The second kappa shape index (κ2) is 8.05. The lowest BCUT2D eigenvalue weighted by atomic mass is 9.85. The van der Waals surface area contributed by atoms with Crippen molar-refractivity contribution in [3.05, 3.63) is 29.8 Å². The van der Waals surface area contributed by atoms with E-state index in [4.69, 9.17) is 14.2 Å². The molecule has 0 radical (unpaired) electrons. The largest absolute Gasteiger partial charge is 0.493 e. The van der Waals surface area contributed by atoms with Crippen LogP contribution >= 0.6 is 0 Å². The van der Waals surface area contributed by atoms with Crippen LogP contribution in [0, 0.1) is 23.7 Å². The standard InChI is InChI=1S/C22H24N2O7/c1-11(22(27)30-4)31-19-15(28-2)7-12(8-16(19)29-3)10-23-24-20(25)17-13-5-6-14(9-13)18(17)21(24)26/h5-8,10-11,13-14,17-18H,9H2,1-4H3. The number of imide groups is 1. The Hall–Kier alpha value is -3.36. The highest BCUT2D eigenvalue weighted by molar-refractivity contribution is 6.06. The van der Waals surface area contributed by atoms with E-state index in [1.807, 2.05) is 12.2 Å². The van der Waals surface area contributed by atoms with Crippen LogP contribution in [0.4, 0.5) is 0 Å². The van der Waals surface area contributed by atoms with Crippen LogP contribution in [0.25, 0.3) is 0 Å². The number of allylic oxidation sites excluding steroid dienone is 2. The van der Waals surface area contributed by atoms with Gasteiger partial charge >= 0.3 is 5.97 Å². The van der Waals surface area contributed by atoms with Gasteiger partial charge < -0.3 is 18.9 Å². The molecule has 4 rings (SSSR count). The topological polar surface area (TPSA) is 104 Å². The minimum absolute atomic E-state index is 0.125. The Kier molecular flexibility index (Phi) is 5.43. The van der Waals surface area contributed by atoms with Gasteiger partial charge in [-0.25, -0.2) is 4.79 Å². The molecule has 2 aliphatic carbocycles. The zero-order chi connectivity index (χ0) is 22.3. The first-order valence-corrected chi connectivity index (χ1v) is 10.00. The quantitative estimate of drug-likeness (QED) is 0.282. The van der Waals surface area contributed by atoms with E-state index in [0.29, 0.717) is 17.1 Å². The highest BCUT2D eigenvalue weighted by Crippen LogP contribution is 2.52. The molecular formula is C22H24N2O7. The van der Waals surface area contributed by atoms with Gasteiger partial charge in [-0.15, -0.1) is 0 Å². The van der Waals surface area contributed by atoms with Crippen LogP contribution in [0.5, 0.6) is 17.2 Å². The lowest BCUT2D eigenvalue weighted by molar-refractivity contribution is -0.148. The van der Waals surface area contributed by atoms with E-state index >= 15 is 0 Å². The number of nitrogens with zero attached hydrogens (tertiary/aromatic N) is 2. The average molecular weight is 428 g/mol. The van der Waals surface area contributed by atoms with Crippen molar-refractivity contribution < 1.29 is 33.3 Å².